The number of nitrogen functional groups attached to an aromatic ring is 1. The van der Waals surface area contributed by atoms with Crippen molar-refractivity contribution >= 4 is 11.8 Å². The number of anilines is 1. The van der Waals surface area contributed by atoms with Crippen molar-refractivity contribution in [2.24, 2.45) is 0 Å². The third-order valence-electron chi connectivity index (χ3n) is 3.11. The van der Waals surface area contributed by atoms with Crippen LogP contribution in [0.4, 0.5) is 19.3 Å². The molecule has 6 heteroatoms. The van der Waals surface area contributed by atoms with Gasteiger partial charge in [-0.1, -0.05) is 0 Å². The lowest BCUT2D eigenvalue weighted by molar-refractivity contribution is 0.00817. The van der Waals surface area contributed by atoms with Gasteiger partial charge in [-0.2, -0.15) is 0 Å². The van der Waals surface area contributed by atoms with Crippen LogP contribution < -0.4 is 5.73 Å². The fourth-order valence-corrected chi connectivity index (χ4v) is 2.00. The van der Waals surface area contributed by atoms with Crippen molar-refractivity contribution in [1.82, 2.24) is 4.90 Å². The number of benzene rings is 1. The third kappa shape index (κ3) is 3.00. The first-order valence-electron chi connectivity index (χ1n) is 6.39. The molecule has 0 bridgehead atoms. The van der Waals surface area contributed by atoms with Gasteiger partial charge in [0.1, 0.15) is 22.9 Å². The molecule has 0 saturated carbocycles. The first kappa shape index (κ1) is 14.6. The first-order chi connectivity index (χ1) is 9.17. The molecule has 1 aromatic rings. The number of likely N-dealkylation sites (tertiary alicyclic amines) is 1. The van der Waals surface area contributed by atoms with Crippen molar-refractivity contribution in [2.45, 2.75) is 32.3 Å². The van der Waals surface area contributed by atoms with Gasteiger partial charge in [-0.3, -0.25) is 0 Å². The lowest BCUT2D eigenvalue weighted by atomic mass is 9.91. The summed E-state index contributed by atoms with van der Waals surface area (Å²) in [4.78, 5) is 13.2. The van der Waals surface area contributed by atoms with Gasteiger partial charge < -0.3 is 15.4 Å². The van der Waals surface area contributed by atoms with Crippen LogP contribution in [-0.2, 0) is 4.74 Å². The van der Waals surface area contributed by atoms with Crippen molar-refractivity contribution in [2.75, 3.05) is 18.8 Å². The molecule has 2 N–H and O–H groups in total. The highest BCUT2D eigenvalue weighted by Crippen LogP contribution is 2.31. The quantitative estimate of drug-likeness (QED) is 0.807. The van der Waals surface area contributed by atoms with Gasteiger partial charge in [0.25, 0.3) is 0 Å². The largest absolute Gasteiger partial charge is 0.444 e. The molecule has 1 fully saturated rings. The van der Waals surface area contributed by atoms with Gasteiger partial charge >= 0.3 is 6.09 Å². The molecule has 1 aliphatic rings. The van der Waals surface area contributed by atoms with Crippen LogP contribution in [0.2, 0.25) is 0 Å². The Morgan fingerprint density at radius 1 is 1.30 bits per heavy atom. The number of ether oxygens (including phenoxy) is 1. The van der Waals surface area contributed by atoms with E-state index in [-0.39, 0.29) is 5.92 Å². The van der Waals surface area contributed by atoms with E-state index in [1.807, 2.05) is 0 Å². The number of rotatable bonds is 1. The van der Waals surface area contributed by atoms with Crippen molar-refractivity contribution < 1.29 is 18.3 Å². The maximum atomic E-state index is 13.4. The van der Waals surface area contributed by atoms with Crippen LogP contribution >= 0.6 is 0 Å². The second-order valence-corrected chi connectivity index (χ2v) is 5.98. The van der Waals surface area contributed by atoms with Gasteiger partial charge in [0, 0.05) is 19.0 Å². The number of hydrogen-bond donors (Lipinski definition) is 1. The summed E-state index contributed by atoms with van der Waals surface area (Å²) in [6.45, 7) is 6.13. The number of hydrogen-bond acceptors (Lipinski definition) is 3. The van der Waals surface area contributed by atoms with Crippen LogP contribution in [0.1, 0.15) is 32.3 Å². The summed E-state index contributed by atoms with van der Waals surface area (Å²) in [5.74, 6) is -1.63. The molecule has 2 rings (SSSR count). The lowest BCUT2D eigenvalue weighted by Crippen LogP contribution is -2.50. The fraction of sp³-hybridized carbons (Fsp3) is 0.500. The summed E-state index contributed by atoms with van der Waals surface area (Å²) in [7, 11) is 0. The zero-order chi connectivity index (χ0) is 15.1. The highest BCUT2D eigenvalue weighted by Gasteiger charge is 2.35. The minimum absolute atomic E-state index is 0.0906. The highest BCUT2D eigenvalue weighted by atomic mass is 19.1. The highest BCUT2D eigenvalue weighted by molar-refractivity contribution is 5.69. The van der Waals surface area contributed by atoms with Crippen LogP contribution in [0, 0.1) is 11.6 Å². The van der Waals surface area contributed by atoms with Crippen LogP contribution in [0.25, 0.3) is 0 Å². The van der Waals surface area contributed by atoms with E-state index >= 15 is 0 Å². The zero-order valence-corrected chi connectivity index (χ0v) is 11.7. The molecule has 1 aromatic carbocycles. The van der Waals surface area contributed by atoms with E-state index in [0.29, 0.717) is 18.7 Å². The molecule has 0 unspecified atom stereocenters. The maximum Gasteiger partial charge on any atom is 0.410 e. The molecule has 0 aliphatic carbocycles. The molecular formula is C14H18F2N2O2. The van der Waals surface area contributed by atoms with Gasteiger partial charge in [-0.25, -0.2) is 13.6 Å². The normalized spacial score (nSPS) is 15.9. The van der Waals surface area contributed by atoms with Gasteiger partial charge in [-0.15, -0.1) is 0 Å². The smallest absolute Gasteiger partial charge is 0.410 e. The van der Waals surface area contributed by atoms with E-state index in [9.17, 15) is 13.6 Å². The number of halogens is 2. The number of nitrogens with two attached hydrogens (primary N) is 1. The average Bonchev–Trinajstić information content (AvgIpc) is 2.20. The average molecular weight is 284 g/mol. The Labute approximate surface area is 116 Å². The predicted molar refractivity (Wildman–Crippen MR) is 71.3 cm³/mol. The Morgan fingerprint density at radius 2 is 1.80 bits per heavy atom. The number of carbonyl (C=O) groups is 1. The Kier molecular flexibility index (Phi) is 3.58. The molecule has 4 nitrogen and oxygen atoms in total. The summed E-state index contributed by atoms with van der Waals surface area (Å²) >= 11 is 0. The van der Waals surface area contributed by atoms with Crippen molar-refractivity contribution in [3.63, 3.8) is 0 Å². The maximum absolute atomic E-state index is 13.4. The summed E-state index contributed by atoms with van der Waals surface area (Å²) in [6, 6.07) is 2.44. The third-order valence-corrected chi connectivity index (χ3v) is 3.11. The van der Waals surface area contributed by atoms with Crippen LogP contribution in [0.5, 0.6) is 0 Å². The monoisotopic (exact) mass is 284 g/mol. The lowest BCUT2D eigenvalue weighted by Gasteiger charge is -2.40. The van der Waals surface area contributed by atoms with Crippen molar-refractivity contribution in [1.29, 1.82) is 0 Å². The van der Waals surface area contributed by atoms with E-state index in [2.05, 4.69) is 0 Å². The van der Waals surface area contributed by atoms with Gasteiger partial charge in [0.05, 0.1) is 0 Å². The van der Waals surface area contributed by atoms with Crippen LogP contribution in [0.3, 0.4) is 0 Å². The van der Waals surface area contributed by atoms with E-state index in [0.717, 1.165) is 0 Å². The first-order valence-corrected chi connectivity index (χ1v) is 6.39. The Bertz CT molecular complexity index is 511. The van der Waals surface area contributed by atoms with E-state index in [1.54, 1.807) is 20.8 Å². The van der Waals surface area contributed by atoms with Crippen LogP contribution in [-0.4, -0.2) is 29.7 Å². The van der Waals surface area contributed by atoms with Gasteiger partial charge in [0.15, 0.2) is 0 Å². The Morgan fingerprint density at radius 3 is 2.25 bits per heavy atom. The summed E-state index contributed by atoms with van der Waals surface area (Å²) in [6.07, 6.45) is -0.412. The molecule has 110 valence electrons. The fourth-order valence-electron chi connectivity index (χ4n) is 2.00. The van der Waals surface area contributed by atoms with E-state index in [1.165, 1.54) is 17.0 Å². The molecule has 0 atom stereocenters. The second kappa shape index (κ2) is 4.92. The Hall–Kier alpha value is -1.85. The van der Waals surface area contributed by atoms with Crippen LogP contribution in [0.15, 0.2) is 12.1 Å². The zero-order valence-electron chi connectivity index (χ0n) is 11.7. The minimum Gasteiger partial charge on any atom is -0.444 e. The molecule has 0 aromatic heterocycles. The van der Waals surface area contributed by atoms with E-state index < -0.39 is 29.0 Å². The standard InChI is InChI=1S/C14H18F2N2O2/c1-14(2,3)20-13(19)18-6-9(7-18)8-4-10(15)12(17)11(16)5-8/h4-5,9H,6-7,17H2,1-3H3. The number of amides is 1. The molecule has 1 saturated heterocycles. The van der Waals surface area contributed by atoms with Crippen molar-refractivity contribution in [3.8, 4) is 0 Å². The Balaban J connectivity index is 1.98. The molecule has 0 radical (unpaired) electrons. The molecular weight excluding hydrogens is 266 g/mol. The summed E-state index contributed by atoms with van der Waals surface area (Å²) in [5.41, 5.74) is 4.70. The minimum atomic E-state index is -0.768. The predicted octanol–water partition coefficient (Wildman–Crippen LogP) is 2.88. The molecule has 20 heavy (non-hydrogen) atoms. The SMILES string of the molecule is CC(C)(C)OC(=O)N1CC(c2cc(F)c(N)c(F)c2)C1. The topological polar surface area (TPSA) is 55.6 Å². The number of nitrogens with zero attached hydrogens (tertiary/aromatic N) is 1. The molecule has 1 aliphatic heterocycles. The van der Waals surface area contributed by atoms with Gasteiger partial charge in [-0.05, 0) is 38.5 Å². The summed E-state index contributed by atoms with van der Waals surface area (Å²) in [5, 5.41) is 0. The van der Waals surface area contributed by atoms with Crippen molar-refractivity contribution in [3.05, 3.63) is 29.3 Å². The second-order valence-electron chi connectivity index (χ2n) is 5.98. The molecule has 1 amide bonds. The van der Waals surface area contributed by atoms with E-state index in [4.69, 9.17) is 10.5 Å². The molecule has 0 spiro atoms. The molecule has 1 heterocycles. The van der Waals surface area contributed by atoms with Gasteiger partial charge in [0.2, 0.25) is 0 Å². The number of carbonyl (C=O) groups excluding carboxylic acids is 1. The summed E-state index contributed by atoms with van der Waals surface area (Å²) < 4.78 is 31.9.